The Labute approximate surface area is 106 Å². The van der Waals surface area contributed by atoms with Crippen molar-refractivity contribution < 1.29 is 4.79 Å². The van der Waals surface area contributed by atoms with Gasteiger partial charge >= 0.3 is 0 Å². The maximum absolute atomic E-state index is 10.9. The molecule has 0 aromatic heterocycles. The predicted molar refractivity (Wildman–Crippen MR) is 69.9 cm³/mol. The molecule has 4 heteroatoms. The van der Waals surface area contributed by atoms with Crippen LogP contribution in [0.2, 0.25) is 5.02 Å². The normalized spacial score (nSPS) is 9.41. The molecule has 0 aliphatic carbocycles. The molecule has 0 spiro atoms. The second-order valence-electron chi connectivity index (χ2n) is 3.70. The zero-order valence-corrected chi connectivity index (χ0v) is 10.7. The van der Waals surface area contributed by atoms with Crippen LogP contribution in [0.1, 0.15) is 16.7 Å². The Morgan fingerprint density at radius 3 is 2.76 bits per heavy atom. The second-order valence-corrected chi connectivity index (χ2v) is 4.11. The van der Waals surface area contributed by atoms with E-state index in [0.29, 0.717) is 6.54 Å². The molecule has 3 N–H and O–H groups in total. The van der Waals surface area contributed by atoms with Gasteiger partial charge < -0.3 is 11.1 Å². The van der Waals surface area contributed by atoms with E-state index in [1.807, 2.05) is 26.0 Å². The molecule has 17 heavy (non-hydrogen) atoms. The van der Waals surface area contributed by atoms with Crippen molar-refractivity contribution >= 4 is 17.5 Å². The van der Waals surface area contributed by atoms with E-state index in [1.165, 1.54) is 0 Å². The first-order chi connectivity index (χ1) is 8.04. The number of nitrogens with two attached hydrogens (primary N) is 1. The molecule has 0 bridgehead atoms. The van der Waals surface area contributed by atoms with Crippen LogP contribution < -0.4 is 11.1 Å². The minimum atomic E-state index is -0.205. The lowest BCUT2D eigenvalue weighted by Crippen LogP contribution is -2.30. The first kappa shape index (κ1) is 13.6. The fourth-order valence-corrected chi connectivity index (χ4v) is 1.49. The number of carbonyl (C=O) groups is 1. The molecule has 0 saturated heterocycles. The van der Waals surface area contributed by atoms with E-state index in [1.54, 1.807) is 0 Å². The molecule has 0 aliphatic rings. The summed E-state index contributed by atoms with van der Waals surface area (Å²) in [5.74, 6) is 5.66. The fourth-order valence-electron chi connectivity index (χ4n) is 1.27. The number of benzene rings is 1. The van der Waals surface area contributed by atoms with E-state index in [4.69, 9.17) is 17.3 Å². The number of amides is 1. The fraction of sp³-hybridized carbons (Fsp3) is 0.308. The molecule has 0 heterocycles. The highest BCUT2D eigenvalue weighted by molar-refractivity contribution is 6.31. The highest BCUT2D eigenvalue weighted by Gasteiger charge is 2.00. The third-order valence-corrected chi connectivity index (χ3v) is 2.70. The van der Waals surface area contributed by atoms with E-state index in [-0.39, 0.29) is 12.5 Å². The maximum Gasteiger partial charge on any atom is 0.234 e. The van der Waals surface area contributed by atoms with Crippen LogP contribution >= 0.6 is 11.6 Å². The van der Waals surface area contributed by atoms with Crippen LogP contribution in [-0.2, 0) is 4.79 Å². The van der Waals surface area contributed by atoms with Crippen molar-refractivity contribution in [2.75, 3.05) is 13.1 Å². The molecular weight excluding hydrogens is 236 g/mol. The summed E-state index contributed by atoms with van der Waals surface area (Å²) in [6, 6.07) is 3.83. The van der Waals surface area contributed by atoms with Crippen LogP contribution in [0.3, 0.4) is 0 Å². The topological polar surface area (TPSA) is 55.1 Å². The van der Waals surface area contributed by atoms with Gasteiger partial charge in [0.15, 0.2) is 0 Å². The number of nitrogens with one attached hydrogen (secondary N) is 1. The van der Waals surface area contributed by atoms with Crippen LogP contribution in [0.25, 0.3) is 0 Å². The summed E-state index contributed by atoms with van der Waals surface area (Å²) in [6.45, 7) is 4.18. The van der Waals surface area contributed by atoms with Crippen molar-refractivity contribution in [3.05, 3.63) is 33.8 Å². The van der Waals surface area contributed by atoms with Crippen molar-refractivity contribution in [3.8, 4) is 11.8 Å². The average molecular weight is 251 g/mol. The number of carbonyl (C=O) groups excluding carboxylic acids is 1. The summed E-state index contributed by atoms with van der Waals surface area (Å²) in [7, 11) is 0. The third-order valence-electron chi connectivity index (χ3n) is 2.29. The molecule has 0 radical (unpaired) electrons. The summed E-state index contributed by atoms with van der Waals surface area (Å²) in [5, 5.41) is 3.32. The van der Waals surface area contributed by atoms with Crippen LogP contribution in [0, 0.1) is 25.7 Å². The smallest absolute Gasteiger partial charge is 0.234 e. The quantitative estimate of drug-likeness (QED) is 0.780. The predicted octanol–water partition coefficient (Wildman–Crippen LogP) is 1.38. The van der Waals surface area contributed by atoms with Crippen molar-refractivity contribution in [2.45, 2.75) is 13.8 Å². The summed E-state index contributed by atoms with van der Waals surface area (Å²) in [4.78, 5) is 10.9. The average Bonchev–Trinajstić information content (AvgIpc) is 2.30. The molecule has 1 amide bonds. The van der Waals surface area contributed by atoms with E-state index in [2.05, 4.69) is 17.2 Å². The molecule has 0 atom stereocenters. The molecule has 90 valence electrons. The molecule has 1 rings (SSSR count). The lowest BCUT2D eigenvalue weighted by Gasteiger charge is -2.02. The summed E-state index contributed by atoms with van der Waals surface area (Å²) < 4.78 is 0. The minimum absolute atomic E-state index is 0.0131. The van der Waals surface area contributed by atoms with E-state index in [0.717, 1.165) is 21.7 Å². The molecule has 3 nitrogen and oxygen atoms in total. The Balaban J connectivity index is 2.72. The van der Waals surface area contributed by atoms with Crippen LogP contribution in [0.4, 0.5) is 0 Å². The summed E-state index contributed by atoms with van der Waals surface area (Å²) in [6.07, 6.45) is 0. The first-order valence-electron chi connectivity index (χ1n) is 5.27. The Kier molecular flexibility index (Phi) is 5.02. The zero-order valence-electron chi connectivity index (χ0n) is 9.93. The number of aryl methyl sites for hydroxylation is 2. The van der Waals surface area contributed by atoms with Crippen LogP contribution in [0.5, 0.6) is 0 Å². The van der Waals surface area contributed by atoms with Gasteiger partial charge in [0.1, 0.15) is 0 Å². The van der Waals surface area contributed by atoms with Gasteiger partial charge in [-0.2, -0.15) is 0 Å². The van der Waals surface area contributed by atoms with Crippen molar-refractivity contribution in [1.82, 2.24) is 5.32 Å². The molecule has 0 aliphatic heterocycles. The molecule has 1 aromatic carbocycles. The van der Waals surface area contributed by atoms with Gasteiger partial charge in [-0.1, -0.05) is 23.4 Å². The van der Waals surface area contributed by atoms with E-state index >= 15 is 0 Å². The monoisotopic (exact) mass is 250 g/mol. The van der Waals surface area contributed by atoms with Crippen LogP contribution in [0.15, 0.2) is 12.1 Å². The van der Waals surface area contributed by atoms with Gasteiger partial charge in [-0.05, 0) is 37.1 Å². The van der Waals surface area contributed by atoms with Crippen molar-refractivity contribution in [3.63, 3.8) is 0 Å². The van der Waals surface area contributed by atoms with Gasteiger partial charge in [0.2, 0.25) is 5.91 Å². The number of halogens is 1. The SMILES string of the molecule is Cc1cc(C#CCNC(=O)CN)c(C)cc1Cl. The van der Waals surface area contributed by atoms with Gasteiger partial charge in [0.25, 0.3) is 0 Å². The Morgan fingerprint density at radius 1 is 1.41 bits per heavy atom. The van der Waals surface area contributed by atoms with Gasteiger partial charge in [-0.15, -0.1) is 0 Å². The van der Waals surface area contributed by atoms with Gasteiger partial charge in [-0.25, -0.2) is 0 Å². The lowest BCUT2D eigenvalue weighted by atomic mass is 10.1. The largest absolute Gasteiger partial charge is 0.344 e. The maximum atomic E-state index is 10.9. The first-order valence-corrected chi connectivity index (χ1v) is 5.64. The molecule has 0 fully saturated rings. The van der Waals surface area contributed by atoms with Gasteiger partial charge in [-0.3, -0.25) is 4.79 Å². The number of rotatable bonds is 2. The minimum Gasteiger partial charge on any atom is -0.344 e. The second kappa shape index (κ2) is 6.29. The van der Waals surface area contributed by atoms with Crippen molar-refractivity contribution in [2.24, 2.45) is 5.73 Å². The summed E-state index contributed by atoms with van der Waals surface area (Å²) >= 11 is 5.99. The Morgan fingerprint density at radius 2 is 2.12 bits per heavy atom. The Bertz CT molecular complexity index is 486. The number of hydrogen-bond donors (Lipinski definition) is 2. The highest BCUT2D eigenvalue weighted by Crippen LogP contribution is 2.19. The Hall–Kier alpha value is -1.50. The van der Waals surface area contributed by atoms with E-state index in [9.17, 15) is 4.79 Å². The standard InChI is InChI=1S/C13H15ClN2O/c1-9-7-12(14)10(2)6-11(9)4-3-5-16-13(17)8-15/h6-7H,5,8,15H2,1-2H3,(H,16,17). The zero-order chi connectivity index (χ0) is 12.8. The highest BCUT2D eigenvalue weighted by atomic mass is 35.5. The van der Waals surface area contributed by atoms with Gasteiger partial charge in [0, 0.05) is 10.6 Å². The third kappa shape index (κ3) is 4.10. The lowest BCUT2D eigenvalue weighted by molar-refractivity contribution is -0.119. The number of hydrogen-bond acceptors (Lipinski definition) is 2. The molecule has 1 aromatic rings. The van der Waals surface area contributed by atoms with Crippen molar-refractivity contribution in [1.29, 1.82) is 0 Å². The van der Waals surface area contributed by atoms with E-state index < -0.39 is 0 Å². The summed E-state index contributed by atoms with van der Waals surface area (Å²) in [5.41, 5.74) is 8.10. The molecule has 0 unspecified atom stereocenters. The van der Waals surface area contributed by atoms with Gasteiger partial charge in [0.05, 0.1) is 13.1 Å². The van der Waals surface area contributed by atoms with Crippen LogP contribution in [-0.4, -0.2) is 19.0 Å². The molecular formula is C13H15ClN2O. The molecule has 0 saturated carbocycles.